The number of hydrogen-bond donors (Lipinski definition) is 2. The summed E-state index contributed by atoms with van der Waals surface area (Å²) in [6.07, 6.45) is 0.273. The molecular weight excluding hydrogens is 461 g/mol. The predicted molar refractivity (Wildman–Crippen MR) is 142 cm³/mol. The molecule has 0 fully saturated rings. The highest BCUT2D eigenvalue weighted by Gasteiger charge is 2.16. The van der Waals surface area contributed by atoms with Gasteiger partial charge in [-0.25, -0.2) is 4.39 Å². The molecule has 35 heavy (non-hydrogen) atoms. The fourth-order valence-electron chi connectivity index (χ4n) is 4.56. The van der Waals surface area contributed by atoms with Gasteiger partial charge in [0.2, 0.25) is 0 Å². The smallest absolute Gasteiger partial charge is 0.303 e. The van der Waals surface area contributed by atoms with Crippen molar-refractivity contribution in [2.45, 2.75) is 45.4 Å². The van der Waals surface area contributed by atoms with Gasteiger partial charge in [-0.1, -0.05) is 66.2 Å². The third-order valence-corrected chi connectivity index (χ3v) is 6.74. The Balaban J connectivity index is 1.72. The van der Waals surface area contributed by atoms with Gasteiger partial charge in [-0.3, -0.25) is 4.79 Å². The van der Waals surface area contributed by atoms with Crippen molar-refractivity contribution in [3.63, 3.8) is 0 Å². The first-order valence-electron chi connectivity index (χ1n) is 11.8. The summed E-state index contributed by atoms with van der Waals surface area (Å²) in [6, 6.07) is 26.3. The molecule has 3 nitrogen and oxygen atoms in total. The van der Waals surface area contributed by atoms with Crippen LogP contribution in [0.3, 0.4) is 0 Å². The molecule has 0 bridgehead atoms. The highest BCUT2D eigenvalue weighted by atomic mass is 35.5. The molecule has 2 N–H and O–H groups in total. The standard InChI is InChI=1S/C30H29ClFNO2/c1-19(21-7-5-8-27(31)16-21)33-20(2)26-15-23-6-3-4-9-28(23)29(17-26)24-10-11-25(18-32)22(14-24)12-13-30(34)35/h3-11,14-17,19-20,33H,12-13,18H2,1-2H3,(H,34,35)/t19-,20?/m1/s1. The summed E-state index contributed by atoms with van der Waals surface area (Å²) in [5.74, 6) is -0.888. The molecule has 1 unspecified atom stereocenters. The molecule has 2 atom stereocenters. The van der Waals surface area contributed by atoms with Crippen molar-refractivity contribution >= 4 is 28.3 Å². The van der Waals surface area contributed by atoms with Crippen LogP contribution in [0.5, 0.6) is 0 Å². The van der Waals surface area contributed by atoms with Gasteiger partial charge in [-0.05, 0) is 88.7 Å². The first kappa shape index (κ1) is 24.9. The van der Waals surface area contributed by atoms with E-state index in [-0.39, 0.29) is 18.5 Å². The number of aliphatic carboxylic acids is 1. The van der Waals surface area contributed by atoms with E-state index in [2.05, 4.69) is 49.5 Å². The molecule has 0 amide bonds. The average Bonchev–Trinajstić information content (AvgIpc) is 2.86. The van der Waals surface area contributed by atoms with Crippen LogP contribution in [0, 0.1) is 0 Å². The van der Waals surface area contributed by atoms with Crippen molar-refractivity contribution in [1.29, 1.82) is 0 Å². The highest BCUT2D eigenvalue weighted by molar-refractivity contribution is 6.30. The minimum atomic E-state index is -0.888. The van der Waals surface area contributed by atoms with Gasteiger partial charge in [0, 0.05) is 23.5 Å². The van der Waals surface area contributed by atoms with E-state index in [0.29, 0.717) is 17.0 Å². The van der Waals surface area contributed by atoms with Crippen LogP contribution in [-0.4, -0.2) is 11.1 Å². The van der Waals surface area contributed by atoms with Crippen LogP contribution in [0.1, 0.15) is 54.6 Å². The highest BCUT2D eigenvalue weighted by Crippen LogP contribution is 2.34. The van der Waals surface area contributed by atoms with E-state index in [1.807, 2.05) is 42.5 Å². The maximum Gasteiger partial charge on any atom is 0.303 e. The summed E-state index contributed by atoms with van der Waals surface area (Å²) in [5, 5.41) is 15.7. The summed E-state index contributed by atoms with van der Waals surface area (Å²) < 4.78 is 13.6. The molecular formula is C30H29ClFNO2. The number of carboxylic acids is 1. The predicted octanol–water partition coefficient (Wildman–Crippen LogP) is 8.06. The van der Waals surface area contributed by atoms with Crippen LogP contribution in [-0.2, 0) is 17.9 Å². The van der Waals surface area contributed by atoms with E-state index < -0.39 is 12.6 Å². The summed E-state index contributed by atoms with van der Waals surface area (Å²) in [6.45, 7) is 3.65. The van der Waals surface area contributed by atoms with Gasteiger partial charge in [0.15, 0.2) is 0 Å². The van der Waals surface area contributed by atoms with Crippen molar-refractivity contribution in [1.82, 2.24) is 5.32 Å². The zero-order valence-electron chi connectivity index (χ0n) is 19.9. The second-order valence-electron chi connectivity index (χ2n) is 8.97. The Labute approximate surface area is 210 Å². The van der Waals surface area contributed by atoms with Crippen LogP contribution in [0.4, 0.5) is 4.39 Å². The lowest BCUT2D eigenvalue weighted by atomic mass is 9.91. The van der Waals surface area contributed by atoms with Crippen molar-refractivity contribution in [3.8, 4) is 11.1 Å². The summed E-state index contributed by atoms with van der Waals surface area (Å²) in [7, 11) is 0. The molecule has 5 heteroatoms. The first-order valence-corrected chi connectivity index (χ1v) is 12.2. The molecule has 180 valence electrons. The SMILES string of the molecule is CC(N[C@H](C)c1cccc(Cl)c1)c1cc(-c2ccc(CF)c(CCC(=O)O)c2)c2ccccc2c1. The molecule has 0 aromatic heterocycles. The van der Waals surface area contributed by atoms with Crippen LogP contribution in [0.15, 0.2) is 78.9 Å². The van der Waals surface area contributed by atoms with Gasteiger partial charge in [-0.15, -0.1) is 0 Å². The van der Waals surface area contributed by atoms with E-state index in [1.165, 1.54) is 0 Å². The molecule has 0 heterocycles. The quantitative estimate of drug-likeness (QED) is 0.250. The Morgan fingerprint density at radius 3 is 2.43 bits per heavy atom. The number of rotatable bonds is 9. The number of halogens is 2. The lowest BCUT2D eigenvalue weighted by molar-refractivity contribution is -0.136. The molecule has 0 saturated carbocycles. The van der Waals surface area contributed by atoms with Gasteiger partial charge in [0.1, 0.15) is 6.67 Å². The maximum absolute atomic E-state index is 13.6. The number of nitrogens with one attached hydrogen (secondary N) is 1. The van der Waals surface area contributed by atoms with E-state index in [1.54, 1.807) is 6.07 Å². The van der Waals surface area contributed by atoms with Crippen molar-refractivity contribution in [2.24, 2.45) is 0 Å². The van der Waals surface area contributed by atoms with Gasteiger partial charge < -0.3 is 10.4 Å². The number of carboxylic acid groups (broad SMARTS) is 1. The first-order chi connectivity index (χ1) is 16.9. The third-order valence-electron chi connectivity index (χ3n) is 6.50. The number of hydrogen-bond acceptors (Lipinski definition) is 2. The molecule has 4 aromatic rings. The number of fused-ring (bicyclic) bond motifs is 1. The number of aryl methyl sites for hydroxylation is 1. The van der Waals surface area contributed by atoms with Gasteiger partial charge >= 0.3 is 5.97 Å². The zero-order chi connectivity index (χ0) is 24.9. The molecule has 0 aliphatic carbocycles. The van der Waals surface area contributed by atoms with E-state index in [9.17, 15) is 9.18 Å². The molecule has 4 rings (SSSR count). The Kier molecular flexibility index (Phi) is 7.84. The zero-order valence-corrected chi connectivity index (χ0v) is 20.6. The van der Waals surface area contributed by atoms with Crippen molar-refractivity contribution in [3.05, 3.63) is 106 Å². The van der Waals surface area contributed by atoms with Gasteiger partial charge in [-0.2, -0.15) is 0 Å². The topological polar surface area (TPSA) is 49.3 Å². The summed E-state index contributed by atoms with van der Waals surface area (Å²) in [4.78, 5) is 11.1. The van der Waals surface area contributed by atoms with Gasteiger partial charge in [0.05, 0.1) is 0 Å². The Hall–Kier alpha value is -3.21. The van der Waals surface area contributed by atoms with Crippen LogP contribution in [0.2, 0.25) is 5.02 Å². The van der Waals surface area contributed by atoms with Crippen molar-refractivity contribution < 1.29 is 14.3 Å². The van der Waals surface area contributed by atoms with Crippen LogP contribution < -0.4 is 5.32 Å². The molecule has 0 aliphatic heterocycles. The molecule has 0 radical (unpaired) electrons. The summed E-state index contributed by atoms with van der Waals surface area (Å²) in [5.41, 5.74) is 5.54. The monoisotopic (exact) mass is 489 g/mol. The molecule has 0 saturated heterocycles. The fourth-order valence-corrected chi connectivity index (χ4v) is 4.76. The average molecular weight is 490 g/mol. The largest absolute Gasteiger partial charge is 0.481 e. The minimum absolute atomic E-state index is 0.0282. The second-order valence-corrected chi connectivity index (χ2v) is 9.40. The van der Waals surface area contributed by atoms with Crippen LogP contribution >= 0.6 is 11.6 Å². The minimum Gasteiger partial charge on any atom is -0.481 e. The van der Waals surface area contributed by atoms with Gasteiger partial charge in [0.25, 0.3) is 0 Å². The number of carbonyl (C=O) groups is 1. The Bertz CT molecular complexity index is 1350. The summed E-state index contributed by atoms with van der Waals surface area (Å²) >= 11 is 6.19. The van der Waals surface area contributed by atoms with Crippen LogP contribution in [0.25, 0.3) is 21.9 Å². The number of benzene rings is 4. The molecule has 4 aromatic carbocycles. The Morgan fingerprint density at radius 1 is 0.914 bits per heavy atom. The third kappa shape index (κ3) is 5.90. The second kappa shape index (κ2) is 11.0. The van der Waals surface area contributed by atoms with Crippen molar-refractivity contribution in [2.75, 3.05) is 0 Å². The maximum atomic E-state index is 13.6. The van der Waals surface area contributed by atoms with E-state index >= 15 is 0 Å². The lowest BCUT2D eigenvalue weighted by Gasteiger charge is -2.22. The number of alkyl halides is 1. The van der Waals surface area contributed by atoms with E-state index in [4.69, 9.17) is 16.7 Å². The fraction of sp³-hybridized carbons (Fsp3) is 0.233. The normalized spacial score (nSPS) is 13.0. The molecule has 0 spiro atoms. The lowest BCUT2D eigenvalue weighted by Crippen LogP contribution is -2.22. The molecule has 0 aliphatic rings. The Morgan fingerprint density at radius 2 is 1.69 bits per heavy atom. The van der Waals surface area contributed by atoms with E-state index in [0.717, 1.165) is 38.6 Å².